The molecule has 0 spiro atoms. The minimum absolute atomic E-state index is 0.326. The number of nitrogens with zero attached hydrogens (tertiary/aromatic N) is 3. The summed E-state index contributed by atoms with van der Waals surface area (Å²) in [6.07, 6.45) is 3.88. The van der Waals surface area contributed by atoms with Crippen molar-refractivity contribution in [2.45, 2.75) is 25.8 Å². The number of nitrogen functional groups attached to an aromatic ring is 1. The summed E-state index contributed by atoms with van der Waals surface area (Å²) in [6, 6.07) is 10.9. The van der Waals surface area contributed by atoms with E-state index < -0.39 is 0 Å². The number of anilines is 1. The van der Waals surface area contributed by atoms with Crippen LogP contribution in [0.15, 0.2) is 36.5 Å². The molecule has 4 rings (SSSR count). The molecule has 2 heterocycles. The quantitative estimate of drug-likeness (QED) is 0.735. The minimum atomic E-state index is 0.326. The first-order valence-corrected chi connectivity index (χ1v) is 6.89. The molecule has 20 heavy (non-hydrogen) atoms. The molecule has 0 saturated carbocycles. The van der Waals surface area contributed by atoms with Gasteiger partial charge in [0.2, 0.25) is 5.95 Å². The third-order valence-electron chi connectivity index (χ3n) is 4.09. The summed E-state index contributed by atoms with van der Waals surface area (Å²) < 4.78 is 2.09. The predicted octanol–water partition coefficient (Wildman–Crippen LogP) is 2.66. The smallest absolute Gasteiger partial charge is 0.202 e. The van der Waals surface area contributed by atoms with Gasteiger partial charge in [0.05, 0.1) is 0 Å². The highest BCUT2D eigenvalue weighted by Crippen LogP contribution is 2.33. The first kappa shape index (κ1) is 11.5. The summed E-state index contributed by atoms with van der Waals surface area (Å²) in [7, 11) is 0. The number of hydrogen-bond acceptors (Lipinski definition) is 3. The lowest BCUT2D eigenvalue weighted by atomic mass is 10.1. The maximum atomic E-state index is 6.13. The molecule has 1 aliphatic rings. The summed E-state index contributed by atoms with van der Waals surface area (Å²) in [4.78, 5) is 8.99. The number of rotatable bonds is 1. The van der Waals surface area contributed by atoms with E-state index in [1.165, 1.54) is 11.1 Å². The molecule has 100 valence electrons. The van der Waals surface area contributed by atoms with Gasteiger partial charge in [0.1, 0.15) is 5.52 Å². The number of hydrogen-bond donors (Lipinski definition) is 1. The minimum Gasteiger partial charge on any atom is -0.369 e. The van der Waals surface area contributed by atoms with E-state index in [1.54, 1.807) is 0 Å². The molecule has 4 heteroatoms. The molecular weight excluding hydrogens is 248 g/mol. The molecule has 4 nitrogen and oxygen atoms in total. The molecule has 0 saturated heterocycles. The molecule has 0 radical (unpaired) electrons. The van der Waals surface area contributed by atoms with E-state index in [9.17, 15) is 0 Å². The average Bonchev–Trinajstić information content (AvgIpc) is 2.97. The van der Waals surface area contributed by atoms with Crippen molar-refractivity contribution >= 4 is 17.1 Å². The Morgan fingerprint density at radius 2 is 1.90 bits per heavy atom. The van der Waals surface area contributed by atoms with Crippen LogP contribution in [-0.2, 0) is 12.8 Å². The highest BCUT2D eigenvalue weighted by atomic mass is 15.2. The van der Waals surface area contributed by atoms with Crippen LogP contribution in [0.3, 0.4) is 0 Å². The van der Waals surface area contributed by atoms with Crippen LogP contribution in [-0.4, -0.2) is 14.5 Å². The number of nitrogens with two attached hydrogens (primary N) is 1. The number of imidazole rings is 1. The Balaban J connectivity index is 1.83. The summed E-state index contributed by atoms with van der Waals surface area (Å²) in [5, 5.41) is 0. The van der Waals surface area contributed by atoms with Gasteiger partial charge in [-0.05, 0) is 42.5 Å². The van der Waals surface area contributed by atoms with Gasteiger partial charge in [-0.2, -0.15) is 0 Å². The van der Waals surface area contributed by atoms with Gasteiger partial charge in [-0.15, -0.1) is 0 Å². The molecule has 1 aromatic carbocycles. The van der Waals surface area contributed by atoms with Crippen molar-refractivity contribution in [3.8, 4) is 0 Å². The van der Waals surface area contributed by atoms with Crippen molar-refractivity contribution < 1.29 is 0 Å². The van der Waals surface area contributed by atoms with Crippen molar-refractivity contribution in [1.82, 2.24) is 14.5 Å². The van der Waals surface area contributed by atoms with E-state index in [4.69, 9.17) is 5.73 Å². The normalized spacial score (nSPS) is 14.8. The Morgan fingerprint density at radius 1 is 1.20 bits per heavy atom. The van der Waals surface area contributed by atoms with Crippen molar-refractivity contribution in [3.05, 3.63) is 53.2 Å². The number of aromatic nitrogens is 3. The lowest BCUT2D eigenvalue weighted by molar-refractivity contribution is 0.547. The van der Waals surface area contributed by atoms with Gasteiger partial charge in [0.25, 0.3) is 0 Å². The number of aryl methyl sites for hydroxylation is 1. The zero-order valence-corrected chi connectivity index (χ0v) is 11.4. The summed E-state index contributed by atoms with van der Waals surface area (Å²) >= 11 is 0. The van der Waals surface area contributed by atoms with Crippen LogP contribution in [0.2, 0.25) is 0 Å². The van der Waals surface area contributed by atoms with Crippen molar-refractivity contribution in [1.29, 1.82) is 0 Å². The van der Waals surface area contributed by atoms with Crippen LogP contribution < -0.4 is 5.73 Å². The lowest BCUT2D eigenvalue weighted by Crippen LogP contribution is -2.12. The van der Waals surface area contributed by atoms with Gasteiger partial charge in [-0.3, -0.25) is 4.57 Å². The van der Waals surface area contributed by atoms with Gasteiger partial charge in [0.15, 0.2) is 5.65 Å². The third-order valence-corrected chi connectivity index (χ3v) is 4.09. The summed E-state index contributed by atoms with van der Waals surface area (Å²) in [5.41, 5.74) is 11.8. The molecule has 0 unspecified atom stereocenters. The van der Waals surface area contributed by atoms with Gasteiger partial charge in [0, 0.05) is 12.2 Å². The highest BCUT2D eigenvalue weighted by Gasteiger charge is 2.26. The Kier molecular flexibility index (Phi) is 2.33. The molecule has 0 bridgehead atoms. The van der Waals surface area contributed by atoms with Gasteiger partial charge in [-0.1, -0.05) is 24.3 Å². The fourth-order valence-electron chi connectivity index (χ4n) is 3.18. The maximum Gasteiger partial charge on any atom is 0.202 e. The number of benzene rings is 1. The molecular formula is C16H16N4. The van der Waals surface area contributed by atoms with Crippen molar-refractivity contribution in [3.63, 3.8) is 0 Å². The van der Waals surface area contributed by atoms with Crippen molar-refractivity contribution in [2.24, 2.45) is 0 Å². The second-order valence-electron chi connectivity index (χ2n) is 5.53. The van der Waals surface area contributed by atoms with E-state index in [2.05, 4.69) is 38.8 Å². The maximum absolute atomic E-state index is 6.13. The summed E-state index contributed by atoms with van der Waals surface area (Å²) in [5.74, 6) is 0.566. The van der Waals surface area contributed by atoms with Gasteiger partial charge >= 0.3 is 0 Å². The first-order valence-electron chi connectivity index (χ1n) is 6.89. The average molecular weight is 264 g/mol. The SMILES string of the molecule is Cc1cnc2c(c1)nc(N)n2C1Cc2ccccc2C1. The van der Waals surface area contributed by atoms with Crippen LogP contribution in [0.1, 0.15) is 22.7 Å². The van der Waals surface area contributed by atoms with Crippen LogP contribution in [0.25, 0.3) is 11.2 Å². The van der Waals surface area contributed by atoms with E-state index in [0.717, 1.165) is 29.6 Å². The number of fused-ring (bicyclic) bond motifs is 2. The van der Waals surface area contributed by atoms with Crippen LogP contribution in [0, 0.1) is 6.92 Å². The highest BCUT2D eigenvalue weighted by molar-refractivity contribution is 5.75. The summed E-state index contributed by atoms with van der Waals surface area (Å²) in [6.45, 7) is 2.02. The fraction of sp³-hybridized carbons (Fsp3) is 0.250. The zero-order chi connectivity index (χ0) is 13.7. The molecule has 1 aliphatic carbocycles. The topological polar surface area (TPSA) is 56.7 Å². The van der Waals surface area contributed by atoms with Crippen LogP contribution in [0.4, 0.5) is 5.95 Å². The number of pyridine rings is 1. The van der Waals surface area contributed by atoms with Crippen LogP contribution in [0.5, 0.6) is 0 Å². The lowest BCUT2D eigenvalue weighted by Gasteiger charge is -2.13. The van der Waals surface area contributed by atoms with Crippen molar-refractivity contribution in [2.75, 3.05) is 5.73 Å². The third kappa shape index (κ3) is 1.61. The molecule has 0 amide bonds. The zero-order valence-electron chi connectivity index (χ0n) is 11.4. The van der Waals surface area contributed by atoms with Crippen LogP contribution >= 0.6 is 0 Å². The Morgan fingerprint density at radius 3 is 2.60 bits per heavy atom. The fourth-order valence-corrected chi connectivity index (χ4v) is 3.18. The van der Waals surface area contributed by atoms with Gasteiger partial charge in [-0.25, -0.2) is 9.97 Å². The van der Waals surface area contributed by atoms with Gasteiger partial charge < -0.3 is 5.73 Å². The predicted molar refractivity (Wildman–Crippen MR) is 79.6 cm³/mol. The molecule has 2 N–H and O–H groups in total. The largest absolute Gasteiger partial charge is 0.369 e. The monoisotopic (exact) mass is 264 g/mol. The molecule has 2 aromatic heterocycles. The Hall–Kier alpha value is -2.36. The van der Waals surface area contributed by atoms with E-state index in [-0.39, 0.29) is 0 Å². The Bertz CT molecular complexity index is 778. The molecule has 0 atom stereocenters. The second kappa shape index (κ2) is 4.07. The molecule has 0 aliphatic heterocycles. The Labute approximate surface area is 117 Å². The van der Waals surface area contributed by atoms with E-state index in [1.807, 2.05) is 19.2 Å². The standard InChI is InChI=1S/C16H16N4/c1-10-6-14-15(18-9-10)20(16(17)19-14)13-7-11-4-2-3-5-12(11)8-13/h2-6,9,13H,7-8H2,1H3,(H2,17,19). The second-order valence-corrected chi connectivity index (χ2v) is 5.53. The van der Waals surface area contributed by atoms with E-state index in [0.29, 0.717) is 12.0 Å². The molecule has 0 fully saturated rings. The molecule has 3 aromatic rings. The van der Waals surface area contributed by atoms with E-state index >= 15 is 0 Å². The first-order chi connectivity index (χ1) is 9.72.